The highest BCUT2D eigenvalue weighted by atomic mass is 16.3. The van der Waals surface area contributed by atoms with Crippen LogP contribution in [-0.2, 0) is 25.9 Å². The molecule has 6 aromatic rings. The van der Waals surface area contributed by atoms with Gasteiger partial charge in [-0.3, -0.25) is 9.13 Å². The Kier molecular flexibility index (Phi) is 6.30. The second-order valence-corrected chi connectivity index (χ2v) is 9.40. The zero-order valence-electron chi connectivity index (χ0n) is 20.6. The largest absolute Gasteiger partial charge is 0.461 e. The normalized spacial score (nSPS) is 11.2. The van der Waals surface area contributed by atoms with E-state index in [1.807, 2.05) is 81.9 Å². The summed E-state index contributed by atoms with van der Waals surface area (Å²) < 4.78 is 10.4. The van der Waals surface area contributed by atoms with Crippen molar-refractivity contribution >= 4 is 11.0 Å². The number of furan rings is 1. The Labute approximate surface area is 216 Å². The van der Waals surface area contributed by atoms with Crippen LogP contribution >= 0.6 is 0 Å². The zero-order valence-corrected chi connectivity index (χ0v) is 20.6. The first-order chi connectivity index (χ1) is 18.3. The summed E-state index contributed by atoms with van der Waals surface area (Å²) in [4.78, 5) is 14.1. The maximum Gasteiger partial charge on any atom is 0.329 e. The van der Waals surface area contributed by atoms with Crippen LogP contribution in [0.1, 0.15) is 33.8 Å². The minimum atomic E-state index is -0.0165. The van der Waals surface area contributed by atoms with Crippen LogP contribution in [0.4, 0.5) is 0 Å². The van der Waals surface area contributed by atoms with E-state index in [1.54, 1.807) is 0 Å². The van der Waals surface area contributed by atoms with Gasteiger partial charge in [0.25, 0.3) is 0 Å². The lowest BCUT2D eigenvalue weighted by Crippen LogP contribution is -2.25. The third-order valence-electron chi connectivity index (χ3n) is 6.78. The lowest BCUT2D eigenvalue weighted by Gasteiger charge is -2.07. The van der Waals surface area contributed by atoms with Gasteiger partial charge < -0.3 is 4.42 Å². The highest BCUT2D eigenvalue weighted by Gasteiger charge is 2.25. The van der Waals surface area contributed by atoms with Gasteiger partial charge in [-0.1, -0.05) is 121 Å². The molecule has 0 aliphatic carbocycles. The van der Waals surface area contributed by atoms with E-state index in [1.165, 1.54) is 0 Å². The van der Waals surface area contributed by atoms with Gasteiger partial charge in [-0.15, -0.1) is 0 Å². The second-order valence-electron chi connectivity index (χ2n) is 9.40. The van der Waals surface area contributed by atoms with Crippen LogP contribution in [0.3, 0.4) is 0 Å². The van der Waals surface area contributed by atoms with E-state index in [2.05, 4.69) is 48.5 Å². The van der Waals surface area contributed by atoms with Crippen molar-refractivity contribution in [3.8, 4) is 0 Å². The number of aromatic nitrogens is 2. The van der Waals surface area contributed by atoms with Gasteiger partial charge in [0.15, 0.2) is 0 Å². The first kappa shape index (κ1) is 22.9. The van der Waals surface area contributed by atoms with Crippen molar-refractivity contribution in [2.45, 2.75) is 25.9 Å². The van der Waals surface area contributed by atoms with Gasteiger partial charge in [-0.25, -0.2) is 4.79 Å². The Morgan fingerprint density at radius 3 is 1.14 bits per heavy atom. The van der Waals surface area contributed by atoms with Crippen molar-refractivity contribution in [1.82, 2.24) is 9.13 Å². The summed E-state index contributed by atoms with van der Waals surface area (Å²) in [7, 11) is 0. The summed E-state index contributed by atoms with van der Waals surface area (Å²) >= 11 is 0. The summed E-state index contributed by atoms with van der Waals surface area (Å²) in [5.41, 5.74) is 6.23. The minimum Gasteiger partial charge on any atom is -0.461 e. The Morgan fingerprint density at radius 2 is 0.784 bits per heavy atom. The van der Waals surface area contributed by atoms with Gasteiger partial charge in [0.05, 0.1) is 13.1 Å². The number of imidazole rings is 1. The van der Waals surface area contributed by atoms with Crippen molar-refractivity contribution in [2.75, 3.05) is 0 Å². The van der Waals surface area contributed by atoms with Crippen molar-refractivity contribution in [3.05, 3.63) is 166 Å². The quantitative estimate of drug-likeness (QED) is 0.242. The van der Waals surface area contributed by atoms with Gasteiger partial charge in [0.2, 0.25) is 0 Å². The molecule has 0 fully saturated rings. The first-order valence-electron chi connectivity index (χ1n) is 12.7. The molecule has 0 bridgehead atoms. The Bertz CT molecular complexity index is 1540. The van der Waals surface area contributed by atoms with Gasteiger partial charge in [-0.05, 0) is 22.3 Å². The van der Waals surface area contributed by atoms with E-state index in [-0.39, 0.29) is 5.69 Å². The van der Waals surface area contributed by atoms with E-state index >= 15 is 0 Å². The molecule has 0 amide bonds. The van der Waals surface area contributed by atoms with Crippen LogP contribution in [0.15, 0.2) is 131 Å². The van der Waals surface area contributed by atoms with Crippen LogP contribution < -0.4 is 5.69 Å². The molecule has 0 N–H and O–H groups in total. The second kappa shape index (κ2) is 10.2. The summed E-state index contributed by atoms with van der Waals surface area (Å²) in [6, 6.07) is 40.9. The highest BCUT2D eigenvalue weighted by Crippen LogP contribution is 2.30. The van der Waals surface area contributed by atoms with Crippen molar-refractivity contribution in [1.29, 1.82) is 0 Å². The number of benzene rings is 4. The average molecular weight is 485 g/mol. The average Bonchev–Trinajstić information content (AvgIpc) is 3.41. The molecule has 0 aliphatic heterocycles. The van der Waals surface area contributed by atoms with Crippen LogP contribution in [0.25, 0.3) is 11.0 Å². The zero-order chi connectivity index (χ0) is 25.0. The molecule has 0 radical (unpaired) electrons. The van der Waals surface area contributed by atoms with Gasteiger partial charge in [-0.2, -0.15) is 0 Å². The Hall–Kier alpha value is -4.57. The molecule has 0 saturated carbocycles. The van der Waals surface area contributed by atoms with Gasteiger partial charge >= 0.3 is 5.69 Å². The monoisotopic (exact) mass is 484 g/mol. The molecule has 0 spiro atoms. The van der Waals surface area contributed by atoms with Crippen molar-refractivity contribution < 1.29 is 4.42 Å². The van der Waals surface area contributed by atoms with E-state index in [0.29, 0.717) is 25.9 Å². The molecular formula is C33H28N2O2. The van der Waals surface area contributed by atoms with E-state index < -0.39 is 0 Å². The van der Waals surface area contributed by atoms with Crippen molar-refractivity contribution in [2.24, 2.45) is 0 Å². The number of fused-ring (bicyclic) bond motifs is 1. The van der Waals surface area contributed by atoms with Crippen LogP contribution in [0, 0.1) is 0 Å². The summed E-state index contributed by atoms with van der Waals surface area (Å²) in [5.74, 6) is 1.65. The number of hydrogen-bond donors (Lipinski definition) is 0. The van der Waals surface area contributed by atoms with Crippen LogP contribution in [0.5, 0.6) is 0 Å². The molecule has 4 aromatic carbocycles. The SMILES string of the molecule is O=c1n(Cc2ccccc2)c2c(Cc3ccccc3)oc(Cc3ccccc3)c2n1Cc1ccccc1. The molecule has 182 valence electrons. The van der Waals surface area contributed by atoms with Crippen molar-refractivity contribution in [3.63, 3.8) is 0 Å². The fourth-order valence-corrected chi connectivity index (χ4v) is 5.03. The Morgan fingerprint density at radius 1 is 0.459 bits per heavy atom. The minimum absolute atomic E-state index is 0.0165. The van der Waals surface area contributed by atoms with Gasteiger partial charge in [0.1, 0.15) is 22.6 Å². The van der Waals surface area contributed by atoms with E-state index in [0.717, 1.165) is 44.8 Å². The highest BCUT2D eigenvalue weighted by molar-refractivity contribution is 5.82. The molecule has 4 nitrogen and oxygen atoms in total. The molecule has 0 unspecified atom stereocenters. The standard InChI is InChI=1S/C33H28N2O2/c36-33-34(23-27-17-9-3-10-18-27)31-29(21-25-13-5-1-6-14-25)37-30(22-26-15-7-2-8-16-26)32(31)35(33)24-28-19-11-4-12-20-28/h1-20H,21-24H2. The topological polar surface area (TPSA) is 40.1 Å². The molecule has 6 rings (SSSR count). The molecule has 0 aliphatic rings. The molecule has 2 aromatic heterocycles. The Balaban J connectivity index is 1.57. The summed E-state index contributed by atoms with van der Waals surface area (Å²) in [5, 5.41) is 0. The number of nitrogens with zero attached hydrogens (tertiary/aromatic N) is 2. The number of hydrogen-bond acceptors (Lipinski definition) is 2. The lowest BCUT2D eigenvalue weighted by molar-refractivity contribution is 0.480. The third-order valence-corrected chi connectivity index (χ3v) is 6.78. The first-order valence-corrected chi connectivity index (χ1v) is 12.7. The predicted molar refractivity (Wildman–Crippen MR) is 148 cm³/mol. The summed E-state index contributed by atoms with van der Waals surface area (Å²) in [6.45, 7) is 0.980. The maximum absolute atomic E-state index is 14.1. The smallest absolute Gasteiger partial charge is 0.329 e. The van der Waals surface area contributed by atoms with E-state index in [4.69, 9.17) is 4.42 Å². The molecule has 0 saturated heterocycles. The molecule has 37 heavy (non-hydrogen) atoms. The molecule has 0 atom stereocenters. The molecule has 2 heterocycles. The fraction of sp³-hybridized carbons (Fsp3) is 0.121. The number of rotatable bonds is 8. The molecule has 4 heteroatoms. The summed E-state index contributed by atoms with van der Waals surface area (Å²) in [6.07, 6.45) is 1.24. The predicted octanol–water partition coefficient (Wildman–Crippen LogP) is 6.67. The van der Waals surface area contributed by atoms with Crippen LogP contribution in [-0.4, -0.2) is 9.13 Å². The fourth-order valence-electron chi connectivity index (χ4n) is 5.03. The van der Waals surface area contributed by atoms with Gasteiger partial charge in [0, 0.05) is 12.8 Å². The lowest BCUT2D eigenvalue weighted by atomic mass is 10.1. The molecular weight excluding hydrogens is 456 g/mol. The van der Waals surface area contributed by atoms with E-state index in [9.17, 15) is 4.79 Å². The maximum atomic E-state index is 14.1. The van der Waals surface area contributed by atoms with Crippen LogP contribution in [0.2, 0.25) is 0 Å². The third kappa shape index (κ3) is 4.78.